The van der Waals surface area contributed by atoms with Gasteiger partial charge in [0.15, 0.2) is 0 Å². The van der Waals surface area contributed by atoms with Crippen LogP contribution in [0.3, 0.4) is 0 Å². The van der Waals surface area contributed by atoms with E-state index >= 15 is 0 Å². The number of hydrogen-bond donors (Lipinski definition) is 2. The Bertz CT molecular complexity index is 616. The third-order valence-electron chi connectivity index (χ3n) is 4.53. The Morgan fingerprint density at radius 1 is 1.23 bits per heavy atom. The predicted octanol–water partition coefficient (Wildman–Crippen LogP) is 3.07. The second-order valence-electron chi connectivity index (χ2n) is 5.91. The van der Waals surface area contributed by atoms with Crippen LogP contribution in [-0.2, 0) is 16.8 Å². The number of benzene rings is 1. The normalized spacial score (nSPS) is 17.1. The highest BCUT2D eigenvalue weighted by Gasteiger charge is 2.40. The molecule has 1 amide bonds. The van der Waals surface area contributed by atoms with Gasteiger partial charge in [0.25, 0.3) is 0 Å². The number of carbonyl (C=O) groups excluding carboxylic acids is 1. The van der Waals surface area contributed by atoms with Gasteiger partial charge < -0.3 is 10.3 Å². The minimum absolute atomic E-state index is 0.0217. The van der Waals surface area contributed by atoms with Gasteiger partial charge in [-0.25, -0.2) is 9.37 Å². The van der Waals surface area contributed by atoms with E-state index in [4.69, 9.17) is 0 Å². The Hall–Kier alpha value is -2.17. The molecule has 0 spiro atoms. The first kappa shape index (κ1) is 14.8. The fourth-order valence-corrected chi connectivity index (χ4v) is 3.30. The van der Waals surface area contributed by atoms with Crippen LogP contribution in [0.25, 0.3) is 0 Å². The molecule has 1 aliphatic carbocycles. The van der Waals surface area contributed by atoms with Crippen molar-refractivity contribution < 1.29 is 9.18 Å². The lowest BCUT2D eigenvalue weighted by atomic mass is 9.68. The highest BCUT2D eigenvalue weighted by atomic mass is 19.1. The van der Waals surface area contributed by atoms with Crippen LogP contribution in [0.15, 0.2) is 36.8 Å². The van der Waals surface area contributed by atoms with Gasteiger partial charge in [-0.15, -0.1) is 0 Å². The van der Waals surface area contributed by atoms with Crippen LogP contribution in [0.1, 0.15) is 43.4 Å². The number of aromatic nitrogens is 2. The van der Waals surface area contributed by atoms with Gasteiger partial charge in [-0.1, -0.05) is 31.4 Å². The zero-order chi connectivity index (χ0) is 15.4. The Morgan fingerprint density at radius 2 is 1.95 bits per heavy atom. The van der Waals surface area contributed by atoms with Crippen molar-refractivity contribution in [3.05, 3.63) is 53.9 Å². The van der Waals surface area contributed by atoms with Crippen molar-refractivity contribution in [3.8, 4) is 0 Å². The fraction of sp³-hybridized carbons (Fsp3) is 0.412. The molecule has 0 bridgehead atoms. The summed E-state index contributed by atoms with van der Waals surface area (Å²) in [5.41, 5.74) is 1.25. The molecule has 1 fully saturated rings. The van der Waals surface area contributed by atoms with E-state index in [-0.39, 0.29) is 11.7 Å². The first-order valence-corrected chi connectivity index (χ1v) is 7.72. The second kappa shape index (κ2) is 6.30. The van der Waals surface area contributed by atoms with Crippen molar-refractivity contribution in [2.75, 3.05) is 0 Å². The van der Waals surface area contributed by atoms with Crippen LogP contribution in [0.2, 0.25) is 0 Å². The lowest BCUT2D eigenvalue weighted by Crippen LogP contribution is -2.45. The van der Waals surface area contributed by atoms with E-state index < -0.39 is 5.41 Å². The van der Waals surface area contributed by atoms with Crippen molar-refractivity contribution in [2.45, 2.75) is 44.1 Å². The van der Waals surface area contributed by atoms with Crippen molar-refractivity contribution in [2.24, 2.45) is 0 Å². The maximum Gasteiger partial charge on any atom is 0.230 e. The Labute approximate surface area is 129 Å². The smallest absolute Gasteiger partial charge is 0.230 e. The number of carbonyl (C=O) groups is 1. The molecule has 5 heteroatoms. The molecule has 1 aromatic heterocycles. The van der Waals surface area contributed by atoms with Crippen molar-refractivity contribution in [1.82, 2.24) is 15.3 Å². The van der Waals surface area contributed by atoms with Crippen LogP contribution in [0.4, 0.5) is 4.39 Å². The average molecular weight is 301 g/mol. The summed E-state index contributed by atoms with van der Waals surface area (Å²) in [6.45, 7) is 0.432. The highest BCUT2D eigenvalue weighted by molar-refractivity contribution is 5.88. The van der Waals surface area contributed by atoms with E-state index in [2.05, 4.69) is 15.3 Å². The molecular weight excluding hydrogens is 281 g/mol. The number of rotatable bonds is 4. The molecule has 116 valence electrons. The van der Waals surface area contributed by atoms with Gasteiger partial charge in [0, 0.05) is 6.20 Å². The molecule has 1 aliphatic rings. The van der Waals surface area contributed by atoms with E-state index in [1.165, 1.54) is 12.1 Å². The molecule has 4 nitrogen and oxygen atoms in total. The van der Waals surface area contributed by atoms with Gasteiger partial charge in [0.2, 0.25) is 5.91 Å². The highest BCUT2D eigenvalue weighted by Crippen LogP contribution is 2.39. The van der Waals surface area contributed by atoms with Crippen molar-refractivity contribution >= 4 is 5.91 Å². The number of nitrogens with one attached hydrogen (secondary N) is 2. The molecule has 1 saturated carbocycles. The molecule has 2 N–H and O–H groups in total. The molecular formula is C17H20FN3O. The first-order chi connectivity index (χ1) is 10.7. The number of imidazole rings is 1. The topological polar surface area (TPSA) is 57.8 Å². The quantitative estimate of drug-likeness (QED) is 0.912. The maximum absolute atomic E-state index is 13.2. The molecule has 0 atom stereocenters. The molecule has 3 rings (SSSR count). The Kier molecular flexibility index (Phi) is 4.22. The summed E-state index contributed by atoms with van der Waals surface area (Å²) in [5.74, 6) is -0.249. The van der Waals surface area contributed by atoms with Crippen LogP contribution >= 0.6 is 0 Å². The molecule has 0 saturated heterocycles. The standard InChI is InChI=1S/C17H20FN3O/c18-14-6-4-13(5-7-14)17(8-2-1-3-9-17)16(22)20-11-15-10-19-12-21-15/h4-7,10,12H,1-3,8-9,11H2,(H,19,21)(H,20,22). The van der Waals surface area contributed by atoms with Crippen LogP contribution < -0.4 is 5.32 Å². The summed E-state index contributed by atoms with van der Waals surface area (Å²) in [6, 6.07) is 6.37. The average Bonchev–Trinajstić information content (AvgIpc) is 3.07. The largest absolute Gasteiger partial charge is 0.350 e. The zero-order valence-corrected chi connectivity index (χ0v) is 12.4. The summed E-state index contributed by atoms with van der Waals surface area (Å²) in [5, 5.41) is 3.00. The molecule has 2 aromatic rings. The van der Waals surface area contributed by atoms with E-state index in [1.807, 2.05) is 0 Å². The van der Waals surface area contributed by atoms with Gasteiger partial charge in [-0.05, 0) is 30.5 Å². The predicted molar refractivity (Wildman–Crippen MR) is 81.6 cm³/mol. The van der Waals surface area contributed by atoms with E-state index in [1.54, 1.807) is 24.7 Å². The molecule has 1 aromatic carbocycles. The molecule has 0 aliphatic heterocycles. The fourth-order valence-electron chi connectivity index (χ4n) is 3.30. The molecule has 0 unspecified atom stereocenters. The molecule has 22 heavy (non-hydrogen) atoms. The van der Waals surface area contributed by atoms with Gasteiger partial charge in [0.05, 0.1) is 24.0 Å². The Balaban J connectivity index is 1.81. The van der Waals surface area contributed by atoms with Crippen LogP contribution in [0, 0.1) is 5.82 Å². The third-order valence-corrected chi connectivity index (χ3v) is 4.53. The number of nitrogens with zero attached hydrogens (tertiary/aromatic N) is 1. The zero-order valence-electron chi connectivity index (χ0n) is 12.4. The number of H-pyrrole nitrogens is 1. The maximum atomic E-state index is 13.2. The Morgan fingerprint density at radius 3 is 2.59 bits per heavy atom. The summed E-state index contributed by atoms with van der Waals surface area (Å²) in [4.78, 5) is 19.8. The summed E-state index contributed by atoms with van der Waals surface area (Å²) >= 11 is 0. The van der Waals surface area contributed by atoms with E-state index in [0.29, 0.717) is 6.54 Å². The SMILES string of the molecule is O=C(NCc1cnc[nH]1)C1(c2ccc(F)cc2)CCCCC1. The lowest BCUT2D eigenvalue weighted by molar-refractivity contribution is -0.128. The summed E-state index contributed by atoms with van der Waals surface area (Å²) in [6.07, 6.45) is 8.12. The van der Waals surface area contributed by atoms with Crippen molar-refractivity contribution in [3.63, 3.8) is 0 Å². The minimum atomic E-state index is -0.536. The summed E-state index contributed by atoms with van der Waals surface area (Å²) < 4.78 is 13.2. The number of aromatic amines is 1. The lowest BCUT2D eigenvalue weighted by Gasteiger charge is -2.36. The van der Waals surface area contributed by atoms with Gasteiger partial charge in [0.1, 0.15) is 5.82 Å². The monoisotopic (exact) mass is 301 g/mol. The molecule has 0 radical (unpaired) electrons. The van der Waals surface area contributed by atoms with E-state index in [9.17, 15) is 9.18 Å². The van der Waals surface area contributed by atoms with Gasteiger partial charge in [-0.2, -0.15) is 0 Å². The van der Waals surface area contributed by atoms with Gasteiger partial charge in [-0.3, -0.25) is 4.79 Å². The third kappa shape index (κ3) is 2.89. The minimum Gasteiger partial charge on any atom is -0.350 e. The number of amides is 1. The van der Waals surface area contributed by atoms with Crippen LogP contribution in [0.5, 0.6) is 0 Å². The number of halogens is 1. The van der Waals surface area contributed by atoms with E-state index in [0.717, 1.165) is 43.4 Å². The summed E-state index contributed by atoms with van der Waals surface area (Å²) in [7, 11) is 0. The van der Waals surface area contributed by atoms with Crippen LogP contribution in [-0.4, -0.2) is 15.9 Å². The first-order valence-electron chi connectivity index (χ1n) is 7.72. The van der Waals surface area contributed by atoms with Gasteiger partial charge >= 0.3 is 0 Å². The molecule has 1 heterocycles. The second-order valence-corrected chi connectivity index (χ2v) is 5.91. The van der Waals surface area contributed by atoms with Crippen molar-refractivity contribution in [1.29, 1.82) is 0 Å². The number of hydrogen-bond acceptors (Lipinski definition) is 2.